The third kappa shape index (κ3) is 8.09. The van der Waals surface area contributed by atoms with Gasteiger partial charge in [0, 0.05) is 22.8 Å². The highest BCUT2D eigenvalue weighted by molar-refractivity contribution is 7.99. The van der Waals surface area contributed by atoms with Gasteiger partial charge in [0.15, 0.2) is 15.4 Å². The predicted octanol–water partition coefficient (Wildman–Crippen LogP) is 3.70. The molecule has 1 fully saturated rings. The van der Waals surface area contributed by atoms with Gasteiger partial charge < -0.3 is 14.8 Å². The minimum atomic E-state index is -5.39. The Bertz CT molecular complexity index is 1280. The standard InChI is InChI=1S/C25H26F3N3O6S2/c26-25(27,28)23(33)37-24(22(32)31-13-11-29)10-2-1-4-18(24)17-39(34,35)21-8-6-20(7-9-21)38-15-14-36-19-5-3-12-30-16-19/h3,5-9,12,16,18H,1-2,4,10,13-15,17H2,(H,31,32). The van der Waals surface area contributed by atoms with E-state index in [-0.39, 0.29) is 24.2 Å². The number of halogens is 3. The van der Waals surface area contributed by atoms with Crippen LogP contribution in [0.15, 0.2) is 58.6 Å². The van der Waals surface area contributed by atoms with Crippen LogP contribution in [0.25, 0.3) is 0 Å². The average molecular weight is 586 g/mol. The number of nitrogens with one attached hydrogen (secondary N) is 1. The number of carbonyl (C=O) groups is 2. The lowest BCUT2D eigenvalue weighted by atomic mass is 9.75. The summed E-state index contributed by atoms with van der Waals surface area (Å²) in [6, 6.07) is 11.1. The van der Waals surface area contributed by atoms with E-state index >= 15 is 0 Å². The second-order valence-corrected chi connectivity index (χ2v) is 11.9. The smallest absolute Gasteiger partial charge is 0.490 e. The Labute approximate surface area is 228 Å². The molecule has 1 heterocycles. The Morgan fingerprint density at radius 3 is 2.59 bits per heavy atom. The summed E-state index contributed by atoms with van der Waals surface area (Å²) in [5.41, 5.74) is -2.38. The first-order valence-electron chi connectivity index (χ1n) is 11.9. The number of nitrogens with zero attached hydrogens (tertiary/aromatic N) is 2. The van der Waals surface area contributed by atoms with E-state index < -0.39 is 51.7 Å². The number of alkyl halides is 3. The van der Waals surface area contributed by atoms with Gasteiger partial charge in [-0.3, -0.25) is 9.78 Å². The summed E-state index contributed by atoms with van der Waals surface area (Å²) in [5, 5.41) is 10.9. The zero-order chi connectivity index (χ0) is 28.5. The van der Waals surface area contributed by atoms with Gasteiger partial charge in [-0.1, -0.05) is 6.42 Å². The molecule has 2 atom stereocenters. The number of thioether (sulfide) groups is 1. The fourth-order valence-corrected chi connectivity index (χ4v) is 6.70. The normalized spacial score (nSPS) is 19.5. The van der Waals surface area contributed by atoms with Gasteiger partial charge in [0.05, 0.1) is 29.5 Å². The zero-order valence-corrected chi connectivity index (χ0v) is 22.3. The molecule has 39 heavy (non-hydrogen) atoms. The predicted molar refractivity (Wildman–Crippen MR) is 134 cm³/mol. The first-order valence-corrected chi connectivity index (χ1v) is 14.6. The first-order chi connectivity index (χ1) is 18.5. The molecule has 1 saturated carbocycles. The summed E-state index contributed by atoms with van der Waals surface area (Å²) >= 11 is 1.43. The van der Waals surface area contributed by atoms with Crippen LogP contribution in [0, 0.1) is 17.2 Å². The van der Waals surface area contributed by atoms with Crippen molar-refractivity contribution in [2.75, 3.05) is 24.7 Å². The summed E-state index contributed by atoms with van der Waals surface area (Å²) in [4.78, 5) is 29.3. The Hall–Kier alpha value is -3.31. The van der Waals surface area contributed by atoms with E-state index in [4.69, 9.17) is 14.7 Å². The highest BCUT2D eigenvalue weighted by atomic mass is 32.2. The second kappa shape index (κ2) is 13.2. The maximum Gasteiger partial charge on any atom is 0.490 e. The molecule has 0 saturated heterocycles. The Morgan fingerprint density at radius 2 is 1.95 bits per heavy atom. The highest BCUT2D eigenvalue weighted by Gasteiger charge is 2.55. The van der Waals surface area contributed by atoms with Gasteiger partial charge in [0.1, 0.15) is 12.3 Å². The number of aromatic nitrogens is 1. The van der Waals surface area contributed by atoms with Crippen molar-refractivity contribution < 1.29 is 40.7 Å². The maximum absolute atomic E-state index is 13.3. The number of benzene rings is 1. The van der Waals surface area contributed by atoms with E-state index in [0.717, 1.165) is 4.90 Å². The first kappa shape index (κ1) is 30.2. The number of pyridine rings is 1. The molecule has 3 rings (SSSR count). The van der Waals surface area contributed by atoms with Gasteiger partial charge in [-0.2, -0.15) is 18.4 Å². The minimum absolute atomic E-state index is 0.0369. The topological polar surface area (TPSA) is 135 Å². The lowest BCUT2D eigenvalue weighted by Gasteiger charge is -2.41. The van der Waals surface area contributed by atoms with Crippen LogP contribution in [0.5, 0.6) is 5.75 Å². The summed E-state index contributed by atoms with van der Waals surface area (Å²) in [6.07, 6.45) is -1.78. The third-order valence-corrected chi connectivity index (χ3v) is 8.90. The van der Waals surface area contributed by atoms with E-state index in [0.29, 0.717) is 24.5 Å². The SMILES string of the molecule is N#CCNC(=O)C1(OC(=O)C(F)(F)F)CCCCC1CS(=O)(=O)c1ccc(SCCOc2cccnc2)cc1. The van der Waals surface area contributed by atoms with Crippen LogP contribution in [-0.2, 0) is 24.2 Å². The fourth-order valence-electron chi connectivity index (χ4n) is 4.26. The van der Waals surface area contributed by atoms with Crippen LogP contribution < -0.4 is 10.1 Å². The molecule has 9 nitrogen and oxygen atoms in total. The molecule has 0 spiro atoms. The van der Waals surface area contributed by atoms with Crippen LogP contribution in [0.1, 0.15) is 25.7 Å². The summed E-state index contributed by atoms with van der Waals surface area (Å²) in [5.74, 6) is -4.48. The Balaban J connectivity index is 1.73. The number of ether oxygens (including phenoxy) is 2. The molecular formula is C25H26F3N3O6S2. The minimum Gasteiger partial charge on any atom is -0.491 e. The van der Waals surface area contributed by atoms with Crippen molar-refractivity contribution in [1.29, 1.82) is 5.26 Å². The molecule has 210 valence electrons. The molecule has 2 aromatic rings. The number of sulfone groups is 1. The number of hydrogen-bond acceptors (Lipinski definition) is 9. The summed E-state index contributed by atoms with van der Waals surface area (Å²) < 4.78 is 76.0. The summed E-state index contributed by atoms with van der Waals surface area (Å²) in [7, 11) is -4.09. The molecule has 1 N–H and O–H groups in total. The maximum atomic E-state index is 13.3. The van der Waals surface area contributed by atoms with Gasteiger partial charge in [0.25, 0.3) is 5.91 Å². The molecule has 1 aliphatic rings. The number of rotatable bonds is 11. The van der Waals surface area contributed by atoms with Gasteiger partial charge in [-0.15, -0.1) is 11.8 Å². The molecular weight excluding hydrogens is 559 g/mol. The van der Waals surface area contributed by atoms with Crippen LogP contribution in [0.2, 0.25) is 0 Å². The van der Waals surface area contributed by atoms with Crippen molar-refractivity contribution >= 4 is 33.5 Å². The van der Waals surface area contributed by atoms with Crippen molar-refractivity contribution in [1.82, 2.24) is 10.3 Å². The Morgan fingerprint density at radius 1 is 1.21 bits per heavy atom. The lowest BCUT2D eigenvalue weighted by Crippen LogP contribution is -2.59. The number of hydrogen-bond donors (Lipinski definition) is 1. The van der Waals surface area contributed by atoms with Gasteiger partial charge in [-0.25, -0.2) is 13.2 Å². The third-order valence-electron chi connectivity index (χ3n) is 6.09. The molecule has 1 aliphatic carbocycles. The van der Waals surface area contributed by atoms with Gasteiger partial charge >= 0.3 is 12.1 Å². The van der Waals surface area contributed by atoms with E-state index in [1.807, 2.05) is 0 Å². The number of esters is 1. The van der Waals surface area contributed by atoms with E-state index in [1.165, 1.54) is 23.9 Å². The van der Waals surface area contributed by atoms with E-state index in [2.05, 4.69) is 10.3 Å². The molecule has 1 aromatic heterocycles. The van der Waals surface area contributed by atoms with E-state index in [1.54, 1.807) is 42.7 Å². The molecule has 0 radical (unpaired) electrons. The Kier molecular flexibility index (Phi) is 10.2. The van der Waals surface area contributed by atoms with Gasteiger partial charge in [0.2, 0.25) is 0 Å². The molecule has 1 amide bonds. The largest absolute Gasteiger partial charge is 0.491 e. The molecule has 1 aromatic carbocycles. The van der Waals surface area contributed by atoms with Gasteiger partial charge in [-0.05, 0) is 55.7 Å². The number of carbonyl (C=O) groups excluding carboxylic acids is 2. The van der Waals surface area contributed by atoms with Crippen molar-refractivity contribution in [3.63, 3.8) is 0 Å². The second-order valence-electron chi connectivity index (χ2n) is 8.70. The van der Waals surface area contributed by atoms with Crippen LogP contribution >= 0.6 is 11.8 Å². The average Bonchev–Trinajstić information content (AvgIpc) is 2.91. The lowest BCUT2D eigenvalue weighted by molar-refractivity contribution is -0.221. The zero-order valence-electron chi connectivity index (χ0n) is 20.6. The van der Waals surface area contributed by atoms with Crippen LogP contribution in [0.3, 0.4) is 0 Å². The van der Waals surface area contributed by atoms with Crippen LogP contribution in [0.4, 0.5) is 13.2 Å². The van der Waals surface area contributed by atoms with Crippen molar-refractivity contribution in [2.24, 2.45) is 5.92 Å². The number of amides is 1. The van der Waals surface area contributed by atoms with E-state index in [9.17, 15) is 31.2 Å². The fraction of sp³-hybridized carbons (Fsp3) is 0.440. The van der Waals surface area contributed by atoms with Crippen molar-refractivity contribution in [2.45, 2.75) is 47.3 Å². The monoisotopic (exact) mass is 585 g/mol. The molecule has 0 bridgehead atoms. The highest BCUT2D eigenvalue weighted by Crippen LogP contribution is 2.40. The molecule has 0 aliphatic heterocycles. The van der Waals surface area contributed by atoms with Crippen molar-refractivity contribution in [3.05, 3.63) is 48.8 Å². The molecule has 2 unspecified atom stereocenters. The van der Waals surface area contributed by atoms with Crippen LogP contribution in [-0.4, -0.2) is 61.7 Å². The summed E-state index contributed by atoms with van der Waals surface area (Å²) in [6.45, 7) is -0.152. The molecule has 14 heteroatoms. The van der Waals surface area contributed by atoms with Crippen molar-refractivity contribution in [3.8, 4) is 11.8 Å². The number of nitriles is 1. The quantitative estimate of drug-likeness (QED) is 0.181.